The SMILES string of the molecule is O=C=NCc1cc2c(cc1O)CCCC2. The van der Waals surface area contributed by atoms with Crippen LogP contribution in [0, 0.1) is 0 Å². The molecule has 1 N–H and O–H groups in total. The fourth-order valence-corrected chi connectivity index (χ4v) is 2.07. The molecule has 0 amide bonds. The number of hydrogen-bond donors (Lipinski definition) is 1. The molecule has 0 aliphatic heterocycles. The lowest BCUT2D eigenvalue weighted by Crippen LogP contribution is -2.03. The number of aryl methyl sites for hydroxylation is 2. The van der Waals surface area contributed by atoms with Gasteiger partial charge < -0.3 is 5.11 Å². The maximum atomic E-state index is 10.0. The molecule has 0 aromatic heterocycles. The Kier molecular flexibility index (Phi) is 2.84. The van der Waals surface area contributed by atoms with Crippen molar-refractivity contribution < 1.29 is 9.90 Å². The molecule has 0 fully saturated rings. The lowest BCUT2D eigenvalue weighted by Gasteiger charge is -2.17. The van der Waals surface area contributed by atoms with Gasteiger partial charge in [-0.25, -0.2) is 9.79 Å². The Balaban J connectivity index is 2.35. The number of phenols is 1. The minimum atomic E-state index is 0.225. The Bertz CT molecular complexity index is 420. The lowest BCUT2D eigenvalue weighted by atomic mass is 9.90. The van der Waals surface area contributed by atoms with Crippen LogP contribution in [0.5, 0.6) is 5.75 Å². The Morgan fingerprint density at radius 2 is 1.93 bits per heavy atom. The smallest absolute Gasteiger partial charge is 0.235 e. The minimum Gasteiger partial charge on any atom is -0.508 e. The van der Waals surface area contributed by atoms with Gasteiger partial charge in [0.2, 0.25) is 6.08 Å². The fraction of sp³-hybridized carbons (Fsp3) is 0.417. The molecule has 1 aliphatic carbocycles. The Morgan fingerprint density at radius 1 is 1.27 bits per heavy atom. The van der Waals surface area contributed by atoms with Crippen molar-refractivity contribution in [3.8, 4) is 5.75 Å². The van der Waals surface area contributed by atoms with Gasteiger partial charge in [-0.1, -0.05) is 0 Å². The predicted molar refractivity (Wildman–Crippen MR) is 56.6 cm³/mol. The molecule has 0 unspecified atom stereocenters. The molecule has 1 aliphatic rings. The van der Waals surface area contributed by atoms with Crippen molar-refractivity contribution in [2.75, 3.05) is 0 Å². The normalized spacial score (nSPS) is 14.1. The van der Waals surface area contributed by atoms with Crippen LogP contribution in [0.4, 0.5) is 0 Å². The van der Waals surface area contributed by atoms with Gasteiger partial charge in [0.05, 0.1) is 6.54 Å². The molecule has 0 bridgehead atoms. The number of hydrogen-bond acceptors (Lipinski definition) is 3. The van der Waals surface area contributed by atoms with E-state index in [1.807, 2.05) is 12.1 Å². The maximum Gasteiger partial charge on any atom is 0.235 e. The molecule has 15 heavy (non-hydrogen) atoms. The summed E-state index contributed by atoms with van der Waals surface area (Å²) in [7, 11) is 0. The summed E-state index contributed by atoms with van der Waals surface area (Å²) in [6.07, 6.45) is 5.99. The molecule has 0 radical (unpaired) electrons. The van der Waals surface area contributed by atoms with Gasteiger partial charge in [0, 0.05) is 5.56 Å². The molecule has 78 valence electrons. The molecular formula is C12H13NO2. The predicted octanol–water partition coefficient (Wildman–Crippen LogP) is 2.11. The molecule has 1 aromatic rings. The standard InChI is InChI=1S/C12H13NO2/c14-8-13-7-11-5-9-3-1-2-4-10(9)6-12(11)15/h5-6,15H,1-4,7H2. The van der Waals surface area contributed by atoms with Crippen LogP contribution in [0.1, 0.15) is 29.5 Å². The molecule has 3 nitrogen and oxygen atoms in total. The highest BCUT2D eigenvalue weighted by molar-refractivity contribution is 5.44. The third-order valence-electron chi connectivity index (χ3n) is 2.86. The number of phenolic OH excluding ortho intramolecular Hbond substituents is 1. The summed E-state index contributed by atoms with van der Waals surface area (Å²) in [6, 6.07) is 3.77. The van der Waals surface area contributed by atoms with Crippen LogP contribution in [0.15, 0.2) is 17.1 Å². The third kappa shape index (κ3) is 2.08. The van der Waals surface area contributed by atoms with Gasteiger partial charge in [-0.2, -0.15) is 0 Å². The number of isocyanates is 1. The van der Waals surface area contributed by atoms with Crippen LogP contribution in [0.3, 0.4) is 0 Å². The second kappa shape index (κ2) is 4.28. The zero-order valence-corrected chi connectivity index (χ0v) is 8.49. The average Bonchev–Trinajstić information content (AvgIpc) is 2.26. The molecular weight excluding hydrogens is 190 g/mol. The van der Waals surface area contributed by atoms with E-state index >= 15 is 0 Å². The van der Waals surface area contributed by atoms with E-state index in [9.17, 15) is 9.90 Å². The van der Waals surface area contributed by atoms with Gasteiger partial charge in [0.1, 0.15) is 5.75 Å². The van der Waals surface area contributed by atoms with Gasteiger partial charge in [-0.3, -0.25) is 0 Å². The molecule has 0 spiro atoms. The zero-order chi connectivity index (χ0) is 10.7. The van der Waals surface area contributed by atoms with Crippen LogP contribution < -0.4 is 0 Å². The summed E-state index contributed by atoms with van der Waals surface area (Å²) in [4.78, 5) is 13.5. The van der Waals surface area contributed by atoms with E-state index in [4.69, 9.17) is 0 Å². The van der Waals surface area contributed by atoms with E-state index < -0.39 is 0 Å². The molecule has 0 heterocycles. The Labute approximate surface area is 88.5 Å². The van der Waals surface area contributed by atoms with Gasteiger partial charge in [0.15, 0.2) is 0 Å². The highest BCUT2D eigenvalue weighted by Crippen LogP contribution is 2.28. The summed E-state index contributed by atoms with van der Waals surface area (Å²) in [5, 5.41) is 9.70. The molecule has 2 rings (SSSR count). The number of carbonyl (C=O) groups excluding carboxylic acids is 1. The van der Waals surface area contributed by atoms with Gasteiger partial charge >= 0.3 is 0 Å². The van der Waals surface area contributed by atoms with Gasteiger partial charge in [-0.05, 0) is 48.9 Å². The average molecular weight is 203 g/mol. The van der Waals surface area contributed by atoms with Crippen molar-refractivity contribution in [1.82, 2.24) is 0 Å². The first-order chi connectivity index (χ1) is 7.31. The van der Waals surface area contributed by atoms with Crippen molar-refractivity contribution in [1.29, 1.82) is 0 Å². The molecule has 0 saturated carbocycles. The highest BCUT2D eigenvalue weighted by atomic mass is 16.3. The van der Waals surface area contributed by atoms with Crippen molar-refractivity contribution in [3.05, 3.63) is 28.8 Å². The fourth-order valence-electron chi connectivity index (χ4n) is 2.07. The highest BCUT2D eigenvalue weighted by Gasteiger charge is 2.12. The quantitative estimate of drug-likeness (QED) is 0.591. The largest absolute Gasteiger partial charge is 0.508 e. The van der Waals surface area contributed by atoms with E-state index in [1.165, 1.54) is 30.0 Å². The molecule has 0 atom stereocenters. The van der Waals surface area contributed by atoms with E-state index in [1.54, 1.807) is 0 Å². The number of benzene rings is 1. The summed E-state index contributed by atoms with van der Waals surface area (Å²) in [6.45, 7) is 0.225. The summed E-state index contributed by atoms with van der Waals surface area (Å²) in [5.74, 6) is 0.245. The van der Waals surface area contributed by atoms with E-state index in [0.717, 1.165) is 18.4 Å². The third-order valence-corrected chi connectivity index (χ3v) is 2.86. The molecule has 0 saturated heterocycles. The number of nitrogens with zero attached hydrogens (tertiary/aromatic N) is 1. The second-order valence-electron chi connectivity index (χ2n) is 3.86. The zero-order valence-electron chi connectivity index (χ0n) is 8.49. The topological polar surface area (TPSA) is 49.7 Å². The Hall–Kier alpha value is -1.60. The maximum absolute atomic E-state index is 10.0. The van der Waals surface area contributed by atoms with Crippen LogP contribution >= 0.6 is 0 Å². The molecule has 1 aromatic carbocycles. The number of aliphatic imine (C=N–C) groups is 1. The van der Waals surface area contributed by atoms with Crippen LogP contribution in [0.2, 0.25) is 0 Å². The minimum absolute atomic E-state index is 0.225. The van der Waals surface area contributed by atoms with E-state index in [2.05, 4.69) is 4.99 Å². The van der Waals surface area contributed by atoms with E-state index in [-0.39, 0.29) is 12.3 Å². The van der Waals surface area contributed by atoms with Gasteiger partial charge in [-0.15, -0.1) is 0 Å². The van der Waals surface area contributed by atoms with Crippen molar-refractivity contribution in [3.63, 3.8) is 0 Å². The number of aromatic hydroxyl groups is 1. The Morgan fingerprint density at radius 3 is 2.60 bits per heavy atom. The van der Waals surface area contributed by atoms with Crippen molar-refractivity contribution in [2.45, 2.75) is 32.2 Å². The first-order valence-electron chi connectivity index (χ1n) is 5.18. The van der Waals surface area contributed by atoms with Crippen LogP contribution in [0.25, 0.3) is 0 Å². The first-order valence-corrected chi connectivity index (χ1v) is 5.18. The van der Waals surface area contributed by atoms with Crippen molar-refractivity contribution >= 4 is 6.08 Å². The van der Waals surface area contributed by atoms with Gasteiger partial charge in [0.25, 0.3) is 0 Å². The van der Waals surface area contributed by atoms with Crippen LogP contribution in [-0.4, -0.2) is 11.2 Å². The number of rotatable bonds is 2. The first kappa shape index (κ1) is 9.94. The van der Waals surface area contributed by atoms with Crippen LogP contribution in [-0.2, 0) is 24.2 Å². The summed E-state index contributed by atoms with van der Waals surface area (Å²) in [5.41, 5.74) is 3.24. The monoisotopic (exact) mass is 203 g/mol. The summed E-state index contributed by atoms with van der Waals surface area (Å²) >= 11 is 0. The molecule has 3 heteroatoms. The second-order valence-corrected chi connectivity index (χ2v) is 3.86. The van der Waals surface area contributed by atoms with Crippen molar-refractivity contribution in [2.24, 2.45) is 4.99 Å². The van der Waals surface area contributed by atoms with E-state index in [0.29, 0.717) is 0 Å². The lowest BCUT2D eigenvalue weighted by molar-refractivity contribution is 0.466. The summed E-state index contributed by atoms with van der Waals surface area (Å²) < 4.78 is 0. The number of fused-ring (bicyclic) bond motifs is 1.